The van der Waals surface area contributed by atoms with Gasteiger partial charge in [0, 0.05) is 11.8 Å². The van der Waals surface area contributed by atoms with Crippen LogP contribution in [-0.2, 0) is 0 Å². The van der Waals surface area contributed by atoms with Gasteiger partial charge in [-0.1, -0.05) is 6.92 Å². The van der Waals surface area contributed by atoms with E-state index in [1.165, 1.54) is 0 Å². The van der Waals surface area contributed by atoms with Crippen LogP contribution in [0.4, 0.5) is 0 Å². The molecule has 0 aliphatic carbocycles. The maximum atomic E-state index is 5.54. The summed E-state index contributed by atoms with van der Waals surface area (Å²) in [7, 11) is 0. The Labute approximate surface area is 84.9 Å². The summed E-state index contributed by atoms with van der Waals surface area (Å²) < 4.78 is 1.66. The molecule has 0 aliphatic heterocycles. The molecule has 0 bridgehead atoms. The fraction of sp³-hybridized carbons (Fsp3) is 0.429. The molecule has 0 aliphatic rings. The number of nitrogens with two attached hydrogens (primary N) is 1. The Kier molecular flexibility index (Phi) is 2.60. The minimum atomic E-state index is 0.326. The molecule has 7 heteroatoms. The lowest BCUT2D eigenvalue weighted by atomic mass is 10.5. The van der Waals surface area contributed by atoms with Crippen LogP contribution in [0.1, 0.15) is 6.92 Å². The van der Waals surface area contributed by atoms with Gasteiger partial charge in [0.15, 0.2) is 5.65 Å². The van der Waals surface area contributed by atoms with Crippen LogP contribution in [0.2, 0.25) is 0 Å². The number of thioether (sulfide) groups is 1. The van der Waals surface area contributed by atoms with Crippen LogP contribution in [0.5, 0.6) is 0 Å². The van der Waals surface area contributed by atoms with E-state index in [4.69, 9.17) is 5.73 Å². The predicted octanol–water partition coefficient (Wildman–Crippen LogP) is -0.0414. The Balaban J connectivity index is 2.36. The van der Waals surface area contributed by atoms with Gasteiger partial charge in [-0.25, -0.2) is 0 Å². The zero-order valence-electron chi connectivity index (χ0n) is 7.66. The number of hydrogen-bond donors (Lipinski definition) is 1. The van der Waals surface area contributed by atoms with E-state index in [0.717, 1.165) is 5.03 Å². The summed E-state index contributed by atoms with van der Waals surface area (Å²) in [5.74, 6) is 0. The topological polar surface area (TPSA) is 82.0 Å². The first-order valence-corrected chi connectivity index (χ1v) is 5.08. The van der Waals surface area contributed by atoms with Gasteiger partial charge in [0.2, 0.25) is 0 Å². The van der Waals surface area contributed by atoms with Crippen molar-refractivity contribution in [1.29, 1.82) is 0 Å². The Morgan fingerprint density at radius 1 is 1.57 bits per heavy atom. The van der Waals surface area contributed by atoms with Crippen LogP contribution in [-0.4, -0.2) is 36.8 Å². The smallest absolute Gasteiger partial charge is 0.198 e. The molecule has 2 rings (SSSR count). The zero-order valence-corrected chi connectivity index (χ0v) is 8.48. The van der Waals surface area contributed by atoms with E-state index in [1.807, 2.05) is 6.92 Å². The quantitative estimate of drug-likeness (QED) is 0.716. The van der Waals surface area contributed by atoms with Crippen LogP contribution < -0.4 is 5.73 Å². The van der Waals surface area contributed by atoms with Crippen LogP contribution in [0.3, 0.4) is 0 Å². The van der Waals surface area contributed by atoms with Crippen LogP contribution >= 0.6 is 11.8 Å². The highest BCUT2D eigenvalue weighted by Gasteiger charge is 2.07. The average Bonchev–Trinajstić information content (AvgIpc) is 2.66. The molecule has 0 saturated carbocycles. The van der Waals surface area contributed by atoms with Gasteiger partial charge < -0.3 is 5.73 Å². The molecule has 1 atom stereocenters. The first kappa shape index (κ1) is 9.35. The molecule has 14 heavy (non-hydrogen) atoms. The molecule has 0 radical (unpaired) electrons. The molecule has 0 fully saturated rings. The Hall–Kier alpha value is -1.21. The van der Waals surface area contributed by atoms with Crippen molar-refractivity contribution in [2.45, 2.75) is 17.2 Å². The summed E-state index contributed by atoms with van der Waals surface area (Å²) >= 11 is 1.61. The largest absolute Gasteiger partial charge is 0.329 e. The van der Waals surface area contributed by atoms with Crippen molar-refractivity contribution in [2.24, 2.45) is 5.73 Å². The number of nitrogens with zero attached hydrogens (tertiary/aromatic N) is 5. The second-order valence-electron chi connectivity index (χ2n) is 2.86. The van der Waals surface area contributed by atoms with Crippen molar-refractivity contribution in [3.63, 3.8) is 0 Å². The first-order valence-electron chi connectivity index (χ1n) is 4.20. The van der Waals surface area contributed by atoms with E-state index in [0.29, 0.717) is 17.4 Å². The number of hydrogen-bond acceptors (Lipinski definition) is 6. The molecule has 2 N–H and O–H groups in total. The Morgan fingerprint density at radius 2 is 2.43 bits per heavy atom. The second-order valence-corrected chi connectivity index (χ2v) is 4.32. The minimum absolute atomic E-state index is 0.326. The minimum Gasteiger partial charge on any atom is -0.329 e. The third-order valence-electron chi connectivity index (χ3n) is 1.73. The Bertz CT molecular complexity index is 427. The standard InChI is InChI=1S/C7H10N6S/c1-5(2-8)14-7-4-9-3-6-10-11-12-13(6)7/h3-5H,2,8H2,1H3. The normalized spacial score (nSPS) is 13.3. The number of tetrazole rings is 1. The molecule has 1 unspecified atom stereocenters. The maximum Gasteiger partial charge on any atom is 0.198 e. The summed E-state index contributed by atoms with van der Waals surface area (Å²) in [5, 5.41) is 12.5. The molecule has 0 amide bonds. The van der Waals surface area contributed by atoms with Gasteiger partial charge in [0.05, 0.1) is 12.4 Å². The molecule has 2 aromatic heterocycles. The third-order valence-corrected chi connectivity index (χ3v) is 2.85. The summed E-state index contributed by atoms with van der Waals surface area (Å²) in [5.41, 5.74) is 6.19. The fourth-order valence-corrected chi connectivity index (χ4v) is 1.85. The molecular weight excluding hydrogens is 200 g/mol. The lowest BCUT2D eigenvalue weighted by Gasteiger charge is -2.07. The van der Waals surface area contributed by atoms with E-state index in [-0.39, 0.29) is 0 Å². The highest BCUT2D eigenvalue weighted by molar-refractivity contribution is 7.99. The van der Waals surface area contributed by atoms with Crippen molar-refractivity contribution in [2.75, 3.05) is 6.54 Å². The van der Waals surface area contributed by atoms with E-state index in [9.17, 15) is 0 Å². The van der Waals surface area contributed by atoms with Crippen molar-refractivity contribution in [3.8, 4) is 0 Å². The van der Waals surface area contributed by atoms with Gasteiger partial charge in [0.25, 0.3) is 0 Å². The molecule has 2 aromatic rings. The first-order chi connectivity index (χ1) is 6.81. The number of rotatable bonds is 3. The SMILES string of the molecule is CC(CN)Sc1cncc2nnnn12. The highest BCUT2D eigenvalue weighted by atomic mass is 32.2. The lowest BCUT2D eigenvalue weighted by Crippen LogP contribution is -2.13. The summed E-state index contributed by atoms with van der Waals surface area (Å²) in [6.45, 7) is 2.66. The third kappa shape index (κ3) is 1.68. The fourth-order valence-electron chi connectivity index (χ4n) is 0.988. The van der Waals surface area contributed by atoms with Crippen molar-refractivity contribution >= 4 is 17.4 Å². The molecule has 2 heterocycles. The maximum absolute atomic E-state index is 5.54. The van der Waals surface area contributed by atoms with Gasteiger partial charge in [-0.15, -0.1) is 16.9 Å². The van der Waals surface area contributed by atoms with Gasteiger partial charge >= 0.3 is 0 Å². The summed E-state index contributed by atoms with van der Waals surface area (Å²) in [4.78, 5) is 4.05. The molecule has 6 nitrogen and oxygen atoms in total. The van der Waals surface area contributed by atoms with Crippen LogP contribution in [0, 0.1) is 0 Å². The van der Waals surface area contributed by atoms with E-state index in [1.54, 1.807) is 28.7 Å². The van der Waals surface area contributed by atoms with Crippen LogP contribution in [0.15, 0.2) is 17.4 Å². The molecule has 0 aromatic carbocycles. The Morgan fingerprint density at radius 3 is 3.21 bits per heavy atom. The van der Waals surface area contributed by atoms with Gasteiger partial charge in [-0.2, -0.15) is 4.52 Å². The zero-order chi connectivity index (χ0) is 9.97. The second kappa shape index (κ2) is 3.89. The molecule has 0 saturated heterocycles. The molecule has 74 valence electrons. The summed E-state index contributed by atoms with van der Waals surface area (Å²) in [6.07, 6.45) is 3.36. The average molecular weight is 210 g/mol. The van der Waals surface area contributed by atoms with Crippen molar-refractivity contribution in [3.05, 3.63) is 12.4 Å². The monoisotopic (exact) mass is 210 g/mol. The van der Waals surface area contributed by atoms with Crippen LogP contribution in [0.25, 0.3) is 5.65 Å². The number of fused-ring (bicyclic) bond motifs is 1. The number of aromatic nitrogens is 5. The van der Waals surface area contributed by atoms with Crippen molar-refractivity contribution < 1.29 is 0 Å². The van der Waals surface area contributed by atoms with E-state index < -0.39 is 0 Å². The highest BCUT2D eigenvalue weighted by Crippen LogP contribution is 2.20. The van der Waals surface area contributed by atoms with E-state index >= 15 is 0 Å². The van der Waals surface area contributed by atoms with E-state index in [2.05, 4.69) is 20.5 Å². The van der Waals surface area contributed by atoms with Crippen molar-refractivity contribution in [1.82, 2.24) is 25.0 Å². The van der Waals surface area contributed by atoms with Gasteiger partial charge in [0.1, 0.15) is 5.03 Å². The molecule has 0 spiro atoms. The lowest BCUT2D eigenvalue weighted by molar-refractivity contribution is 0.763. The summed E-state index contributed by atoms with van der Waals surface area (Å²) in [6, 6.07) is 0. The predicted molar refractivity (Wildman–Crippen MR) is 53.0 cm³/mol. The van der Waals surface area contributed by atoms with Gasteiger partial charge in [-0.05, 0) is 10.4 Å². The van der Waals surface area contributed by atoms with Gasteiger partial charge in [-0.3, -0.25) is 4.98 Å². The molecular formula is C7H10N6S.